The molecule has 8 nitrogen and oxygen atoms in total. The number of hydrogen-bond acceptors (Lipinski definition) is 7. The molecule has 1 fully saturated rings. The van der Waals surface area contributed by atoms with Gasteiger partial charge in [-0.25, -0.2) is 9.97 Å². The molecule has 150 valence electrons. The van der Waals surface area contributed by atoms with Crippen LogP contribution in [0, 0.1) is 10.1 Å². The van der Waals surface area contributed by atoms with Crippen molar-refractivity contribution in [1.82, 2.24) is 14.9 Å². The van der Waals surface area contributed by atoms with Crippen LogP contribution in [0.1, 0.15) is 12.5 Å². The maximum Gasteiger partial charge on any atom is 0.418 e. The third kappa shape index (κ3) is 4.14. The minimum absolute atomic E-state index is 0.0998. The quantitative estimate of drug-likeness (QED) is 0.613. The molecule has 1 aliphatic rings. The molecular formula is C17H19F3N6O2. The number of nitrogens with zero attached hydrogens (tertiary/aromatic N) is 5. The maximum absolute atomic E-state index is 13.2. The van der Waals surface area contributed by atoms with Gasteiger partial charge in [0.15, 0.2) is 0 Å². The zero-order chi connectivity index (χ0) is 20.3. The van der Waals surface area contributed by atoms with Crippen LogP contribution in [0.25, 0.3) is 0 Å². The van der Waals surface area contributed by atoms with E-state index >= 15 is 0 Å². The van der Waals surface area contributed by atoms with E-state index in [1.807, 2.05) is 6.92 Å². The van der Waals surface area contributed by atoms with Gasteiger partial charge in [0, 0.05) is 26.2 Å². The van der Waals surface area contributed by atoms with Gasteiger partial charge in [-0.15, -0.1) is 0 Å². The van der Waals surface area contributed by atoms with Crippen LogP contribution in [0.5, 0.6) is 0 Å². The van der Waals surface area contributed by atoms with Crippen molar-refractivity contribution in [3.63, 3.8) is 0 Å². The topological polar surface area (TPSA) is 87.4 Å². The smallest absolute Gasteiger partial charge is 0.348 e. The molecule has 1 aromatic heterocycles. The Kier molecular flexibility index (Phi) is 5.63. The van der Waals surface area contributed by atoms with E-state index in [1.54, 1.807) is 4.90 Å². The molecule has 28 heavy (non-hydrogen) atoms. The summed E-state index contributed by atoms with van der Waals surface area (Å²) in [6, 6.07) is 4.77. The molecule has 1 N–H and O–H groups in total. The molecule has 0 unspecified atom stereocenters. The number of halogens is 3. The first kappa shape index (κ1) is 19.8. The summed E-state index contributed by atoms with van der Waals surface area (Å²) in [7, 11) is 0. The summed E-state index contributed by atoms with van der Waals surface area (Å²) >= 11 is 0. The average molecular weight is 396 g/mol. The average Bonchev–Trinajstić information content (AvgIpc) is 2.67. The Morgan fingerprint density at radius 3 is 2.46 bits per heavy atom. The number of aromatic nitrogens is 2. The normalized spacial score (nSPS) is 15.5. The molecule has 0 bridgehead atoms. The minimum Gasteiger partial charge on any atom is -0.348 e. The number of para-hydroxylation sites is 1. The van der Waals surface area contributed by atoms with E-state index < -0.39 is 22.4 Å². The number of nitrogens with one attached hydrogen (secondary N) is 1. The Hall–Kier alpha value is -2.95. The fraction of sp³-hybridized carbons (Fsp3) is 0.412. The molecule has 0 amide bonds. The van der Waals surface area contributed by atoms with E-state index in [-0.39, 0.29) is 17.3 Å². The molecular weight excluding hydrogens is 377 g/mol. The summed E-state index contributed by atoms with van der Waals surface area (Å²) in [5, 5.41) is 14.2. The summed E-state index contributed by atoms with van der Waals surface area (Å²) in [4.78, 5) is 22.9. The molecule has 2 heterocycles. The number of piperazine rings is 1. The molecule has 1 aromatic carbocycles. The molecule has 0 saturated carbocycles. The van der Waals surface area contributed by atoms with Gasteiger partial charge < -0.3 is 15.1 Å². The van der Waals surface area contributed by atoms with E-state index in [0.717, 1.165) is 32.0 Å². The van der Waals surface area contributed by atoms with Crippen LogP contribution in [-0.2, 0) is 6.18 Å². The first-order chi connectivity index (χ1) is 13.3. The van der Waals surface area contributed by atoms with E-state index in [4.69, 9.17) is 0 Å². The second kappa shape index (κ2) is 7.97. The van der Waals surface area contributed by atoms with Gasteiger partial charge in [0.1, 0.15) is 6.33 Å². The zero-order valence-electron chi connectivity index (χ0n) is 15.1. The molecule has 0 aliphatic carbocycles. The number of hydrogen-bond donors (Lipinski definition) is 1. The first-order valence-electron chi connectivity index (χ1n) is 8.71. The Morgan fingerprint density at radius 2 is 1.86 bits per heavy atom. The minimum atomic E-state index is -4.61. The lowest BCUT2D eigenvalue weighted by Crippen LogP contribution is -2.46. The van der Waals surface area contributed by atoms with Crippen LogP contribution < -0.4 is 10.2 Å². The summed E-state index contributed by atoms with van der Waals surface area (Å²) in [5.74, 6) is -0.174. The molecule has 11 heteroatoms. The summed E-state index contributed by atoms with van der Waals surface area (Å²) in [5.41, 5.74) is -1.68. The highest BCUT2D eigenvalue weighted by atomic mass is 19.4. The van der Waals surface area contributed by atoms with Gasteiger partial charge in [0.25, 0.3) is 0 Å². The van der Waals surface area contributed by atoms with Crippen LogP contribution >= 0.6 is 0 Å². The van der Waals surface area contributed by atoms with Gasteiger partial charge in [-0.2, -0.15) is 13.2 Å². The predicted octanol–water partition coefficient (Wildman–Crippen LogP) is 3.29. The molecule has 0 atom stereocenters. The summed E-state index contributed by atoms with van der Waals surface area (Å²) in [6.45, 7) is 5.41. The molecule has 3 rings (SSSR count). The maximum atomic E-state index is 13.2. The number of likely N-dealkylation sites (N-methyl/N-ethyl adjacent to an activating group) is 1. The highest BCUT2D eigenvalue weighted by Gasteiger charge is 2.35. The molecule has 0 radical (unpaired) electrons. The van der Waals surface area contributed by atoms with Gasteiger partial charge >= 0.3 is 11.9 Å². The Bertz CT molecular complexity index is 853. The third-order valence-corrected chi connectivity index (χ3v) is 4.59. The van der Waals surface area contributed by atoms with E-state index in [9.17, 15) is 23.3 Å². The van der Waals surface area contributed by atoms with Crippen LogP contribution in [0.2, 0.25) is 0 Å². The zero-order valence-corrected chi connectivity index (χ0v) is 15.1. The number of alkyl halides is 3. The van der Waals surface area contributed by atoms with Crippen molar-refractivity contribution < 1.29 is 18.1 Å². The second-order valence-corrected chi connectivity index (χ2v) is 6.24. The largest absolute Gasteiger partial charge is 0.418 e. The Labute approximate surface area is 159 Å². The standard InChI is InChI=1S/C17H19F3N6O2/c1-2-24-7-9-25(10-8-24)16-14(26(27)28)15(21-11-22-16)23-13-6-4-3-5-12(13)17(18,19)20/h3-6,11H,2,7-10H2,1H3,(H,21,22,23). The Morgan fingerprint density at radius 1 is 1.18 bits per heavy atom. The van der Waals surface area contributed by atoms with Crippen LogP contribution in [-0.4, -0.2) is 52.5 Å². The van der Waals surface area contributed by atoms with Crippen LogP contribution in [0.15, 0.2) is 30.6 Å². The fourth-order valence-electron chi connectivity index (χ4n) is 3.10. The van der Waals surface area contributed by atoms with Gasteiger partial charge in [-0.05, 0) is 18.7 Å². The van der Waals surface area contributed by atoms with E-state index in [2.05, 4.69) is 20.2 Å². The van der Waals surface area contributed by atoms with Crippen molar-refractivity contribution >= 4 is 23.0 Å². The Balaban J connectivity index is 1.97. The number of benzene rings is 1. The van der Waals surface area contributed by atoms with E-state index in [0.29, 0.717) is 13.1 Å². The third-order valence-electron chi connectivity index (χ3n) is 4.59. The highest BCUT2D eigenvalue weighted by molar-refractivity contribution is 5.75. The van der Waals surface area contributed by atoms with Gasteiger partial charge in [-0.1, -0.05) is 19.1 Å². The van der Waals surface area contributed by atoms with Crippen LogP contribution in [0.3, 0.4) is 0 Å². The lowest BCUT2D eigenvalue weighted by atomic mass is 10.1. The SMILES string of the molecule is CCN1CCN(c2ncnc(Nc3ccccc3C(F)(F)F)c2[N+](=O)[O-])CC1. The fourth-order valence-corrected chi connectivity index (χ4v) is 3.10. The lowest BCUT2D eigenvalue weighted by molar-refractivity contribution is -0.383. The van der Waals surface area contributed by atoms with Gasteiger partial charge in [-0.3, -0.25) is 10.1 Å². The first-order valence-corrected chi connectivity index (χ1v) is 8.71. The number of rotatable bonds is 5. The van der Waals surface area contributed by atoms with Crippen LogP contribution in [0.4, 0.5) is 36.2 Å². The van der Waals surface area contributed by atoms with E-state index in [1.165, 1.54) is 18.2 Å². The number of nitro groups is 1. The van der Waals surface area contributed by atoms with Crippen molar-refractivity contribution in [3.8, 4) is 0 Å². The molecule has 0 spiro atoms. The predicted molar refractivity (Wildman–Crippen MR) is 97.7 cm³/mol. The monoisotopic (exact) mass is 396 g/mol. The summed E-state index contributed by atoms with van der Waals surface area (Å²) in [6.07, 6.45) is -3.49. The van der Waals surface area contributed by atoms with Crippen molar-refractivity contribution in [2.24, 2.45) is 0 Å². The van der Waals surface area contributed by atoms with Crippen molar-refractivity contribution in [3.05, 3.63) is 46.3 Å². The van der Waals surface area contributed by atoms with Crippen molar-refractivity contribution in [1.29, 1.82) is 0 Å². The summed E-state index contributed by atoms with van der Waals surface area (Å²) < 4.78 is 39.7. The number of anilines is 3. The molecule has 1 saturated heterocycles. The van der Waals surface area contributed by atoms with Crippen molar-refractivity contribution in [2.75, 3.05) is 42.9 Å². The molecule has 2 aromatic rings. The highest BCUT2D eigenvalue weighted by Crippen LogP contribution is 2.38. The molecule has 1 aliphatic heterocycles. The van der Waals surface area contributed by atoms with Gasteiger partial charge in [0.05, 0.1) is 16.2 Å². The van der Waals surface area contributed by atoms with Gasteiger partial charge in [0.2, 0.25) is 11.6 Å². The van der Waals surface area contributed by atoms with Crippen molar-refractivity contribution in [2.45, 2.75) is 13.1 Å². The second-order valence-electron chi connectivity index (χ2n) is 6.24. The lowest BCUT2D eigenvalue weighted by Gasteiger charge is -2.34.